The van der Waals surface area contributed by atoms with Crippen LogP contribution in [0.4, 0.5) is 5.69 Å². The van der Waals surface area contributed by atoms with Crippen LogP contribution in [-0.2, 0) is 0 Å². The van der Waals surface area contributed by atoms with Crippen molar-refractivity contribution < 1.29 is 4.79 Å². The predicted molar refractivity (Wildman–Crippen MR) is 80.5 cm³/mol. The molecular weight excluding hydrogens is 268 g/mol. The summed E-state index contributed by atoms with van der Waals surface area (Å²) in [5.41, 5.74) is 7.05. The van der Waals surface area contributed by atoms with Gasteiger partial charge >= 0.3 is 0 Å². The van der Waals surface area contributed by atoms with Crippen LogP contribution in [0.15, 0.2) is 24.3 Å². The van der Waals surface area contributed by atoms with Gasteiger partial charge in [-0.2, -0.15) is 11.8 Å². The van der Waals surface area contributed by atoms with Crippen molar-refractivity contribution in [2.75, 3.05) is 24.6 Å². The van der Waals surface area contributed by atoms with Gasteiger partial charge in [0, 0.05) is 35.3 Å². The van der Waals surface area contributed by atoms with Crippen molar-refractivity contribution in [2.24, 2.45) is 0 Å². The molecule has 1 fully saturated rings. The smallest absolute Gasteiger partial charge is 0.253 e. The molecule has 18 heavy (non-hydrogen) atoms. The van der Waals surface area contributed by atoms with Gasteiger partial charge in [-0.25, -0.2) is 0 Å². The zero-order valence-corrected chi connectivity index (χ0v) is 12.1. The molecule has 1 aliphatic rings. The second-order valence-electron chi connectivity index (χ2n) is 4.28. The lowest BCUT2D eigenvalue weighted by molar-refractivity contribution is 0.0761. The molecule has 3 nitrogen and oxygen atoms in total. The van der Waals surface area contributed by atoms with Crippen LogP contribution >= 0.6 is 24.2 Å². The second kappa shape index (κ2) is 6.90. The fourth-order valence-corrected chi connectivity index (χ4v) is 3.19. The van der Waals surface area contributed by atoms with Gasteiger partial charge in [0.25, 0.3) is 5.91 Å². The number of carbonyl (C=O) groups is 1. The minimum atomic E-state index is 0. The van der Waals surface area contributed by atoms with Crippen molar-refractivity contribution in [3.8, 4) is 0 Å². The van der Waals surface area contributed by atoms with Crippen molar-refractivity contribution >= 4 is 35.8 Å². The van der Waals surface area contributed by atoms with Gasteiger partial charge < -0.3 is 10.6 Å². The zero-order valence-electron chi connectivity index (χ0n) is 10.5. The van der Waals surface area contributed by atoms with Gasteiger partial charge in [-0.3, -0.25) is 4.79 Å². The first kappa shape index (κ1) is 15.2. The molecule has 0 aromatic heterocycles. The number of carbonyl (C=O) groups excluding carboxylic acids is 1. The molecule has 1 atom stereocenters. The Morgan fingerprint density at radius 3 is 3.00 bits per heavy atom. The number of nitrogen functional groups attached to an aromatic ring is 1. The molecule has 5 heteroatoms. The summed E-state index contributed by atoms with van der Waals surface area (Å²) in [4.78, 5) is 14.2. The summed E-state index contributed by atoms with van der Waals surface area (Å²) in [5.74, 6) is 1.14. The number of thioether (sulfide) groups is 1. The van der Waals surface area contributed by atoms with Gasteiger partial charge in [-0.15, -0.1) is 12.4 Å². The molecule has 0 spiro atoms. The van der Waals surface area contributed by atoms with E-state index in [9.17, 15) is 4.79 Å². The average Bonchev–Trinajstić information content (AvgIpc) is 2.38. The van der Waals surface area contributed by atoms with Crippen molar-refractivity contribution in [3.05, 3.63) is 29.8 Å². The highest BCUT2D eigenvalue weighted by atomic mass is 35.5. The molecule has 0 aliphatic carbocycles. The number of nitrogens with two attached hydrogens (primary N) is 1. The summed E-state index contributed by atoms with van der Waals surface area (Å²) < 4.78 is 0. The summed E-state index contributed by atoms with van der Waals surface area (Å²) >= 11 is 1.96. The maximum absolute atomic E-state index is 12.3. The minimum Gasteiger partial charge on any atom is -0.399 e. The number of rotatable bonds is 2. The van der Waals surface area contributed by atoms with Crippen LogP contribution < -0.4 is 5.73 Å². The lowest BCUT2D eigenvalue weighted by Crippen LogP contribution is -2.41. The van der Waals surface area contributed by atoms with Crippen LogP contribution in [0.1, 0.15) is 23.7 Å². The fraction of sp³-hybridized carbons (Fsp3) is 0.462. The maximum Gasteiger partial charge on any atom is 0.253 e. The van der Waals surface area contributed by atoms with Crippen LogP contribution in [0.3, 0.4) is 0 Å². The van der Waals surface area contributed by atoms with Crippen LogP contribution in [0.2, 0.25) is 0 Å². The molecule has 1 unspecified atom stereocenters. The number of hydrogen-bond donors (Lipinski definition) is 1. The molecule has 0 saturated carbocycles. The number of anilines is 1. The van der Waals surface area contributed by atoms with Gasteiger partial charge in [0.1, 0.15) is 0 Å². The molecule has 1 aliphatic heterocycles. The summed E-state index contributed by atoms with van der Waals surface area (Å²) in [5, 5.41) is 0.578. The Morgan fingerprint density at radius 1 is 1.56 bits per heavy atom. The van der Waals surface area contributed by atoms with E-state index < -0.39 is 0 Å². The molecular formula is C13H19ClN2OS. The Bertz CT molecular complexity index is 414. The normalized spacial score (nSPS) is 19.2. The first-order valence-corrected chi connectivity index (χ1v) is 7.02. The van der Waals surface area contributed by atoms with Gasteiger partial charge in [0.2, 0.25) is 0 Å². The highest BCUT2D eigenvalue weighted by Gasteiger charge is 2.23. The number of nitrogens with zero attached hydrogens (tertiary/aromatic N) is 1. The van der Waals surface area contributed by atoms with Crippen LogP contribution in [0, 0.1) is 0 Å². The second-order valence-corrected chi connectivity index (χ2v) is 5.69. The summed E-state index contributed by atoms with van der Waals surface area (Å²) in [7, 11) is 0. The Morgan fingerprint density at radius 2 is 2.33 bits per heavy atom. The molecule has 0 radical (unpaired) electrons. The third-order valence-electron chi connectivity index (χ3n) is 3.01. The monoisotopic (exact) mass is 286 g/mol. The molecule has 1 aromatic carbocycles. The van der Waals surface area contributed by atoms with E-state index in [1.54, 1.807) is 12.1 Å². The molecule has 1 amide bonds. The topological polar surface area (TPSA) is 46.3 Å². The molecule has 2 N–H and O–H groups in total. The van der Waals surface area contributed by atoms with Crippen molar-refractivity contribution in [2.45, 2.75) is 18.6 Å². The maximum atomic E-state index is 12.3. The van der Waals surface area contributed by atoms with Crippen molar-refractivity contribution in [3.63, 3.8) is 0 Å². The van der Waals surface area contributed by atoms with E-state index in [1.165, 1.54) is 0 Å². The lowest BCUT2D eigenvalue weighted by Gasteiger charge is -2.32. The van der Waals surface area contributed by atoms with Gasteiger partial charge in [-0.1, -0.05) is 13.0 Å². The Balaban J connectivity index is 0.00000162. The predicted octanol–water partition coefficient (Wildman–Crippen LogP) is 2.66. The van der Waals surface area contributed by atoms with Gasteiger partial charge in [0.05, 0.1) is 0 Å². The average molecular weight is 287 g/mol. The largest absolute Gasteiger partial charge is 0.399 e. The van der Waals surface area contributed by atoms with Crippen molar-refractivity contribution in [1.29, 1.82) is 0 Å². The molecule has 2 rings (SSSR count). The molecule has 0 bridgehead atoms. The van der Waals surface area contributed by atoms with Gasteiger partial charge in [-0.05, 0) is 24.6 Å². The van der Waals surface area contributed by atoms with E-state index >= 15 is 0 Å². The number of hydrogen-bond acceptors (Lipinski definition) is 3. The quantitative estimate of drug-likeness (QED) is 0.850. The summed E-state index contributed by atoms with van der Waals surface area (Å²) in [6.07, 6.45) is 1.12. The first-order chi connectivity index (χ1) is 8.20. The molecule has 1 saturated heterocycles. The van der Waals surface area contributed by atoms with E-state index in [4.69, 9.17) is 5.73 Å². The van der Waals surface area contributed by atoms with E-state index in [0.29, 0.717) is 16.5 Å². The standard InChI is InChI=1S/C13H18N2OS.ClH/c1-2-12-9-15(6-7-17-12)13(16)10-4-3-5-11(14)8-10;/h3-5,8,12H,2,6-7,9,14H2,1H3;1H. The highest BCUT2D eigenvalue weighted by molar-refractivity contribution is 8.00. The zero-order chi connectivity index (χ0) is 12.3. The fourth-order valence-electron chi connectivity index (χ4n) is 2.01. The molecule has 1 aromatic rings. The molecule has 1 heterocycles. The van der Waals surface area contributed by atoms with E-state index in [1.807, 2.05) is 28.8 Å². The van der Waals surface area contributed by atoms with Crippen molar-refractivity contribution in [1.82, 2.24) is 4.90 Å². The van der Waals surface area contributed by atoms with E-state index in [-0.39, 0.29) is 18.3 Å². The third-order valence-corrected chi connectivity index (χ3v) is 4.39. The highest BCUT2D eigenvalue weighted by Crippen LogP contribution is 2.22. The van der Waals surface area contributed by atoms with Crippen LogP contribution in [0.5, 0.6) is 0 Å². The van der Waals surface area contributed by atoms with Gasteiger partial charge in [0.15, 0.2) is 0 Å². The number of benzene rings is 1. The van der Waals surface area contributed by atoms with E-state index in [0.717, 1.165) is 25.3 Å². The SMILES string of the molecule is CCC1CN(C(=O)c2cccc(N)c2)CCS1.Cl. The Kier molecular flexibility index (Phi) is 5.82. The van der Waals surface area contributed by atoms with Crippen LogP contribution in [-0.4, -0.2) is 34.9 Å². The Hall–Kier alpha value is -0.870. The molecule has 100 valence electrons. The van der Waals surface area contributed by atoms with Crippen LogP contribution in [0.25, 0.3) is 0 Å². The number of halogens is 1. The summed E-state index contributed by atoms with van der Waals surface area (Å²) in [6, 6.07) is 7.22. The number of amides is 1. The minimum absolute atomic E-state index is 0. The summed E-state index contributed by atoms with van der Waals surface area (Å²) in [6.45, 7) is 3.87. The first-order valence-electron chi connectivity index (χ1n) is 5.97. The lowest BCUT2D eigenvalue weighted by atomic mass is 10.1. The third kappa shape index (κ3) is 3.56. The van der Waals surface area contributed by atoms with E-state index in [2.05, 4.69) is 6.92 Å². The Labute approximate surface area is 119 Å².